The maximum absolute atomic E-state index is 9.79. The Morgan fingerprint density at radius 3 is 2.69 bits per heavy atom. The summed E-state index contributed by atoms with van der Waals surface area (Å²) in [5.74, 6) is 1.21. The van der Waals surface area contributed by atoms with Crippen molar-refractivity contribution in [2.75, 3.05) is 13.1 Å². The first-order valence-electron chi connectivity index (χ1n) is 5.54. The Morgan fingerprint density at radius 2 is 2.08 bits per heavy atom. The van der Waals surface area contributed by atoms with E-state index in [1.54, 1.807) is 0 Å². The fourth-order valence-corrected chi connectivity index (χ4v) is 2.28. The van der Waals surface area contributed by atoms with Crippen molar-refractivity contribution in [2.45, 2.75) is 39.6 Å². The first kappa shape index (κ1) is 11.1. The zero-order valence-electron chi connectivity index (χ0n) is 9.16. The Labute approximate surface area is 82.6 Å². The van der Waals surface area contributed by atoms with Crippen molar-refractivity contribution in [2.24, 2.45) is 11.8 Å². The van der Waals surface area contributed by atoms with E-state index >= 15 is 0 Å². The summed E-state index contributed by atoms with van der Waals surface area (Å²) in [5, 5.41) is 9.79. The molecule has 1 heterocycles. The van der Waals surface area contributed by atoms with E-state index < -0.39 is 0 Å². The molecular formula is C10H22BNO. The van der Waals surface area contributed by atoms with Crippen LogP contribution in [0.1, 0.15) is 26.7 Å². The smallest absolute Gasteiger partial charge is 0.201 e. The highest BCUT2D eigenvalue weighted by Crippen LogP contribution is 2.21. The van der Waals surface area contributed by atoms with E-state index in [1.165, 1.54) is 6.54 Å². The van der Waals surface area contributed by atoms with Gasteiger partial charge in [-0.05, 0) is 37.8 Å². The van der Waals surface area contributed by atoms with Crippen molar-refractivity contribution < 1.29 is 5.11 Å². The molecule has 3 heteroatoms. The predicted molar refractivity (Wildman–Crippen MR) is 58.2 cm³/mol. The van der Waals surface area contributed by atoms with Gasteiger partial charge in [0.1, 0.15) is 0 Å². The average molecular weight is 183 g/mol. The van der Waals surface area contributed by atoms with E-state index in [-0.39, 0.29) is 6.10 Å². The molecule has 0 aliphatic carbocycles. The maximum Gasteiger partial charge on any atom is 0.201 e. The summed E-state index contributed by atoms with van der Waals surface area (Å²) in [7, 11) is 1.12. The molecule has 0 amide bonds. The van der Waals surface area contributed by atoms with Gasteiger partial charge < -0.3 is 9.92 Å². The summed E-state index contributed by atoms with van der Waals surface area (Å²) < 4.78 is 0. The van der Waals surface area contributed by atoms with Crippen molar-refractivity contribution in [3.8, 4) is 0 Å². The second kappa shape index (κ2) is 5.01. The number of hydrogen-bond donors (Lipinski definition) is 1. The van der Waals surface area contributed by atoms with E-state index in [0.29, 0.717) is 5.92 Å². The minimum absolute atomic E-state index is 0.0863. The van der Waals surface area contributed by atoms with Crippen molar-refractivity contribution in [1.29, 1.82) is 0 Å². The van der Waals surface area contributed by atoms with Gasteiger partial charge in [-0.2, -0.15) is 0 Å². The van der Waals surface area contributed by atoms with Crippen LogP contribution in [-0.4, -0.2) is 36.5 Å². The molecule has 0 saturated carbocycles. The number of aliphatic hydroxyl groups excluding tert-OH is 1. The fourth-order valence-electron chi connectivity index (χ4n) is 2.28. The van der Waals surface area contributed by atoms with Crippen molar-refractivity contribution in [3.63, 3.8) is 0 Å². The molecule has 0 radical (unpaired) electrons. The van der Waals surface area contributed by atoms with Crippen molar-refractivity contribution in [3.05, 3.63) is 0 Å². The van der Waals surface area contributed by atoms with Crippen LogP contribution in [0.2, 0.25) is 6.82 Å². The molecule has 76 valence electrons. The van der Waals surface area contributed by atoms with Gasteiger partial charge in [0.05, 0.1) is 6.10 Å². The van der Waals surface area contributed by atoms with E-state index in [2.05, 4.69) is 25.5 Å². The van der Waals surface area contributed by atoms with Gasteiger partial charge in [0.2, 0.25) is 7.41 Å². The number of nitrogens with zero attached hydrogens (tertiary/aromatic N) is 1. The second-order valence-corrected chi connectivity index (χ2v) is 4.57. The number of hydrogen-bond acceptors (Lipinski definition) is 2. The molecule has 1 aliphatic heterocycles. The fraction of sp³-hybridized carbons (Fsp3) is 1.00. The van der Waals surface area contributed by atoms with Gasteiger partial charge in [0.15, 0.2) is 0 Å². The molecule has 1 aliphatic rings. The molecule has 2 nitrogen and oxygen atoms in total. The van der Waals surface area contributed by atoms with Crippen LogP contribution in [0.3, 0.4) is 0 Å². The van der Waals surface area contributed by atoms with Crippen LogP contribution in [0.4, 0.5) is 0 Å². The molecule has 0 spiro atoms. The lowest BCUT2D eigenvalue weighted by molar-refractivity contribution is 0.0740. The molecule has 3 atom stereocenters. The van der Waals surface area contributed by atoms with Crippen LogP contribution >= 0.6 is 0 Å². The van der Waals surface area contributed by atoms with Crippen LogP contribution in [0, 0.1) is 11.8 Å². The van der Waals surface area contributed by atoms with E-state index in [0.717, 1.165) is 32.7 Å². The Morgan fingerprint density at radius 1 is 1.38 bits per heavy atom. The quantitative estimate of drug-likeness (QED) is 0.615. The Kier molecular flexibility index (Phi) is 4.27. The zero-order valence-corrected chi connectivity index (χ0v) is 9.16. The lowest BCUT2D eigenvalue weighted by atomic mass is 9.85. The zero-order chi connectivity index (χ0) is 9.84. The Hall–Kier alpha value is -0.0151. The van der Waals surface area contributed by atoms with Gasteiger partial charge in [-0.3, -0.25) is 0 Å². The standard InChI is InChI=1S/C10H22BNO/c1-8-6-9(2)10(13)4-5-12(7-8)11-3/h8-11,13H,4-7H2,1-3H3. The molecular weight excluding hydrogens is 161 g/mol. The highest BCUT2D eigenvalue weighted by molar-refractivity contribution is 6.29. The van der Waals surface area contributed by atoms with E-state index in [9.17, 15) is 5.11 Å². The van der Waals surface area contributed by atoms with Crippen LogP contribution < -0.4 is 0 Å². The van der Waals surface area contributed by atoms with E-state index in [1.807, 2.05) is 0 Å². The first-order chi connectivity index (χ1) is 6.13. The molecule has 0 aromatic rings. The van der Waals surface area contributed by atoms with Crippen LogP contribution in [0.25, 0.3) is 0 Å². The predicted octanol–water partition coefficient (Wildman–Crippen LogP) is 1.11. The minimum atomic E-state index is -0.0863. The van der Waals surface area contributed by atoms with Gasteiger partial charge in [-0.15, -0.1) is 0 Å². The molecule has 1 saturated heterocycles. The summed E-state index contributed by atoms with van der Waals surface area (Å²) in [6, 6.07) is 0. The van der Waals surface area contributed by atoms with Gasteiger partial charge in [0, 0.05) is 0 Å². The summed E-state index contributed by atoms with van der Waals surface area (Å²) in [6.45, 7) is 8.92. The topological polar surface area (TPSA) is 23.5 Å². The monoisotopic (exact) mass is 183 g/mol. The van der Waals surface area contributed by atoms with E-state index in [4.69, 9.17) is 0 Å². The first-order valence-corrected chi connectivity index (χ1v) is 5.54. The molecule has 3 unspecified atom stereocenters. The van der Waals surface area contributed by atoms with Crippen molar-refractivity contribution >= 4 is 7.41 Å². The molecule has 1 fully saturated rings. The normalized spacial score (nSPS) is 38.0. The summed E-state index contributed by atoms with van der Waals surface area (Å²) in [5.41, 5.74) is 0. The van der Waals surface area contributed by atoms with Crippen LogP contribution in [0.5, 0.6) is 0 Å². The largest absolute Gasteiger partial charge is 0.393 e. The third-order valence-corrected chi connectivity index (χ3v) is 3.19. The third kappa shape index (κ3) is 3.32. The summed E-state index contributed by atoms with van der Waals surface area (Å²) >= 11 is 0. The molecule has 13 heavy (non-hydrogen) atoms. The summed E-state index contributed by atoms with van der Waals surface area (Å²) in [4.78, 5) is 2.44. The minimum Gasteiger partial charge on any atom is -0.393 e. The molecule has 1 rings (SSSR count). The molecule has 1 N–H and O–H groups in total. The summed E-state index contributed by atoms with van der Waals surface area (Å²) in [6.07, 6.45) is 2.02. The Balaban J connectivity index is 2.48. The maximum atomic E-state index is 9.79. The molecule has 0 aromatic carbocycles. The SMILES string of the molecule is CBN1CCC(O)C(C)CC(C)C1. The average Bonchev–Trinajstić information content (AvgIpc) is 2.09. The van der Waals surface area contributed by atoms with Crippen LogP contribution in [-0.2, 0) is 0 Å². The van der Waals surface area contributed by atoms with Crippen LogP contribution in [0.15, 0.2) is 0 Å². The van der Waals surface area contributed by atoms with Crippen molar-refractivity contribution in [1.82, 2.24) is 4.81 Å². The Bertz CT molecular complexity index is 152. The second-order valence-electron chi connectivity index (χ2n) is 4.57. The van der Waals surface area contributed by atoms with Gasteiger partial charge in [-0.25, -0.2) is 0 Å². The van der Waals surface area contributed by atoms with Gasteiger partial charge in [0.25, 0.3) is 0 Å². The molecule has 0 aromatic heterocycles. The lowest BCUT2D eigenvalue weighted by Gasteiger charge is -2.32. The van der Waals surface area contributed by atoms with Gasteiger partial charge in [-0.1, -0.05) is 20.7 Å². The van der Waals surface area contributed by atoms with Gasteiger partial charge >= 0.3 is 0 Å². The number of rotatable bonds is 1. The number of aliphatic hydroxyl groups is 1. The highest BCUT2D eigenvalue weighted by Gasteiger charge is 2.22. The highest BCUT2D eigenvalue weighted by atomic mass is 16.3. The molecule has 0 bridgehead atoms. The third-order valence-electron chi connectivity index (χ3n) is 3.19. The lowest BCUT2D eigenvalue weighted by Crippen LogP contribution is -2.38.